The Bertz CT molecular complexity index is 1040. The van der Waals surface area contributed by atoms with Crippen LogP contribution in [0.25, 0.3) is 0 Å². The Hall–Kier alpha value is -2.80. The molecule has 2 aromatic rings. The van der Waals surface area contributed by atoms with Crippen LogP contribution in [-0.4, -0.2) is 39.5 Å². The highest BCUT2D eigenvalue weighted by atomic mass is 32.2. The Morgan fingerprint density at radius 1 is 1.06 bits per heavy atom. The summed E-state index contributed by atoms with van der Waals surface area (Å²) >= 11 is 1.62. The molecule has 0 aromatic heterocycles. The molecule has 168 valence electrons. The molecule has 0 radical (unpaired) electrons. The monoisotopic (exact) mass is 451 g/mol. The lowest BCUT2D eigenvalue weighted by Crippen LogP contribution is -2.58. The molecule has 7 heteroatoms. The standard InChI is InChI=1S/C25H29N3O3S/c1-15(2)19(21(29)26-14-16-10-6-5-7-11-16)27-22(30)20-25(3,4)32-24-18-13-9-8-12-17(18)23(31)28(20)24/h5-13,15,19-20,24H,14H2,1-4H3,(H,26,29)(H,27,30)/t19-,20+,24-/m0/s1. The second-order valence-corrected chi connectivity index (χ2v) is 10.9. The van der Waals surface area contributed by atoms with Gasteiger partial charge in [0.25, 0.3) is 5.91 Å². The first kappa shape index (κ1) is 22.4. The van der Waals surface area contributed by atoms with E-state index in [9.17, 15) is 14.4 Å². The second kappa shape index (κ2) is 8.62. The molecular weight excluding hydrogens is 422 g/mol. The molecule has 32 heavy (non-hydrogen) atoms. The molecule has 2 N–H and O–H groups in total. The molecule has 4 rings (SSSR count). The summed E-state index contributed by atoms with van der Waals surface area (Å²) in [5.74, 6) is -0.749. The molecule has 0 saturated carbocycles. The first-order chi connectivity index (χ1) is 15.2. The van der Waals surface area contributed by atoms with E-state index < -0.39 is 16.8 Å². The van der Waals surface area contributed by atoms with E-state index in [-0.39, 0.29) is 29.0 Å². The first-order valence-electron chi connectivity index (χ1n) is 10.9. The molecule has 1 fully saturated rings. The number of carbonyl (C=O) groups excluding carboxylic acids is 3. The number of nitrogens with one attached hydrogen (secondary N) is 2. The molecule has 0 bridgehead atoms. The van der Waals surface area contributed by atoms with Crippen LogP contribution in [0.2, 0.25) is 0 Å². The summed E-state index contributed by atoms with van der Waals surface area (Å²) in [4.78, 5) is 41.3. The molecule has 2 aromatic carbocycles. The van der Waals surface area contributed by atoms with Gasteiger partial charge < -0.3 is 15.5 Å². The third-order valence-electron chi connectivity index (χ3n) is 6.10. The number of carbonyl (C=O) groups is 3. The number of nitrogens with zero attached hydrogens (tertiary/aromatic N) is 1. The highest BCUT2D eigenvalue weighted by Crippen LogP contribution is 2.56. The van der Waals surface area contributed by atoms with Crippen molar-refractivity contribution in [2.45, 2.75) is 56.4 Å². The van der Waals surface area contributed by atoms with Crippen LogP contribution in [0.15, 0.2) is 54.6 Å². The van der Waals surface area contributed by atoms with Crippen molar-refractivity contribution < 1.29 is 14.4 Å². The number of hydrogen-bond acceptors (Lipinski definition) is 4. The zero-order chi connectivity index (χ0) is 23.0. The van der Waals surface area contributed by atoms with E-state index in [4.69, 9.17) is 0 Å². The van der Waals surface area contributed by atoms with Gasteiger partial charge in [0.05, 0.1) is 0 Å². The summed E-state index contributed by atoms with van der Waals surface area (Å²) in [7, 11) is 0. The summed E-state index contributed by atoms with van der Waals surface area (Å²) < 4.78 is -0.486. The average Bonchev–Trinajstić information content (AvgIpc) is 3.20. The molecule has 6 nitrogen and oxygen atoms in total. The van der Waals surface area contributed by atoms with Crippen LogP contribution in [0.4, 0.5) is 0 Å². The van der Waals surface area contributed by atoms with Crippen LogP contribution in [0.1, 0.15) is 54.6 Å². The Morgan fingerprint density at radius 2 is 1.72 bits per heavy atom. The van der Waals surface area contributed by atoms with Crippen molar-refractivity contribution in [3.8, 4) is 0 Å². The second-order valence-electron chi connectivity index (χ2n) is 9.21. The quantitative estimate of drug-likeness (QED) is 0.705. The van der Waals surface area contributed by atoms with Crippen molar-refractivity contribution in [1.82, 2.24) is 15.5 Å². The number of benzene rings is 2. The molecule has 0 aliphatic carbocycles. The predicted molar refractivity (Wildman–Crippen MR) is 126 cm³/mol. The lowest BCUT2D eigenvalue weighted by Gasteiger charge is -2.32. The van der Waals surface area contributed by atoms with Gasteiger partial charge in [-0.15, -0.1) is 11.8 Å². The van der Waals surface area contributed by atoms with Gasteiger partial charge in [0.2, 0.25) is 11.8 Å². The van der Waals surface area contributed by atoms with E-state index >= 15 is 0 Å². The predicted octanol–water partition coefficient (Wildman–Crippen LogP) is 3.49. The van der Waals surface area contributed by atoms with Crippen molar-refractivity contribution in [3.05, 3.63) is 71.3 Å². The fourth-order valence-electron chi connectivity index (χ4n) is 4.47. The van der Waals surface area contributed by atoms with Gasteiger partial charge in [-0.05, 0) is 37.0 Å². The maximum atomic E-state index is 13.5. The lowest BCUT2D eigenvalue weighted by atomic mass is 9.98. The topological polar surface area (TPSA) is 78.5 Å². The smallest absolute Gasteiger partial charge is 0.256 e. The van der Waals surface area contributed by atoms with Gasteiger partial charge in [-0.25, -0.2) is 0 Å². The Kier molecular flexibility index (Phi) is 6.03. The zero-order valence-corrected chi connectivity index (χ0v) is 19.6. The largest absolute Gasteiger partial charge is 0.350 e. The maximum absolute atomic E-state index is 13.5. The van der Waals surface area contributed by atoms with Crippen LogP contribution in [0.3, 0.4) is 0 Å². The molecule has 3 amide bonds. The van der Waals surface area contributed by atoms with Crippen molar-refractivity contribution in [2.75, 3.05) is 0 Å². The minimum Gasteiger partial charge on any atom is -0.350 e. The molecular formula is C25H29N3O3S. The summed E-state index contributed by atoms with van der Waals surface area (Å²) in [5, 5.41) is 5.69. The van der Waals surface area contributed by atoms with Crippen molar-refractivity contribution in [3.63, 3.8) is 0 Å². The minimum atomic E-state index is -0.689. The number of thioether (sulfide) groups is 1. The number of amides is 3. The third kappa shape index (κ3) is 4.01. The van der Waals surface area contributed by atoms with Crippen molar-refractivity contribution in [2.24, 2.45) is 5.92 Å². The van der Waals surface area contributed by atoms with Crippen molar-refractivity contribution >= 4 is 29.5 Å². The molecule has 0 spiro atoms. The fourth-order valence-corrected chi connectivity index (χ4v) is 6.06. The number of rotatable bonds is 6. The number of fused-ring (bicyclic) bond motifs is 3. The maximum Gasteiger partial charge on any atom is 0.256 e. The Morgan fingerprint density at radius 3 is 2.41 bits per heavy atom. The van der Waals surface area contributed by atoms with Crippen LogP contribution in [0, 0.1) is 5.92 Å². The molecule has 3 atom stereocenters. The summed E-state index contributed by atoms with van der Waals surface area (Å²) in [6.45, 7) is 8.17. The third-order valence-corrected chi connectivity index (χ3v) is 7.64. The van der Waals surface area contributed by atoms with E-state index in [0.29, 0.717) is 12.1 Å². The van der Waals surface area contributed by atoms with E-state index in [1.54, 1.807) is 16.7 Å². The molecule has 2 aliphatic rings. The first-order valence-corrected chi connectivity index (χ1v) is 11.8. The van der Waals surface area contributed by atoms with E-state index in [2.05, 4.69) is 10.6 Å². The normalized spacial score (nSPS) is 21.8. The molecule has 1 saturated heterocycles. The van der Waals surface area contributed by atoms with Crippen LogP contribution < -0.4 is 10.6 Å². The molecule has 2 aliphatic heterocycles. The highest BCUT2D eigenvalue weighted by Gasteiger charge is 2.57. The van der Waals surface area contributed by atoms with E-state index in [1.807, 2.05) is 82.3 Å². The highest BCUT2D eigenvalue weighted by molar-refractivity contribution is 8.01. The molecule has 2 heterocycles. The van der Waals surface area contributed by atoms with Crippen LogP contribution >= 0.6 is 11.8 Å². The van der Waals surface area contributed by atoms with Gasteiger partial charge in [0.15, 0.2) is 0 Å². The van der Waals surface area contributed by atoms with Gasteiger partial charge in [-0.1, -0.05) is 62.4 Å². The Balaban J connectivity index is 1.51. The van der Waals surface area contributed by atoms with E-state index in [1.165, 1.54) is 0 Å². The zero-order valence-electron chi connectivity index (χ0n) is 18.8. The Labute approximate surface area is 193 Å². The average molecular weight is 452 g/mol. The van der Waals surface area contributed by atoms with Gasteiger partial charge in [-0.2, -0.15) is 0 Å². The van der Waals surface area contributed by atoms with Gasteiger partial charge >= 0.3 is 0 Å². The summed E-state index contributed by atoms with van der Waals surface area (Å²) in [5.41, 5.74) is 2.59. The summed E-state index contributed by atoms with van der Waals surface area (Å²) in [6.07, 6.45) is 0. The van der Waals surface area contributed by atoms with Gasteiger partial charge in [0, 0.05) is 16.9 Å². The van der Waals surface area contributed by atoms with Crippen LogP contribution in [-0.2, 0) is 16.1 Å². The number of hydrogen-bond donors (Lipinski definition) is 2. The van der Waals surface area contributed by atoms with E-state index in [0.717, 1.165) is 11.1 Å². The SMILES string of the molecule is CC(C)[C@H](NC(=O)[C@H]1N2C(=O)c3ccccc3[C@@H]2SC1(C)C)C(=O)NCc1ccccc1. The lowest BCUT2D eigenvalue weighted by molar-refractivity contribution is -0.132. The van der Waals surface area contributed by atoms with Crippen LogP contribution in [0.5, 0.6) is 0 Å². The summed E-state index contributed by atoms with van der Waals surface area (Å²) in [6, 6.07) is 15.8. The van der Waals surface area contributed by atoms with Gasteiger partial charge in [0.1, 0.15) is 17.5 Å². The fraction of sp³-hybridized carbons (Fsp3) is 0.400. The van der Waals surface area contributed by atoms with Crippen molar-refractivity contribution in [1.29, 1.82) is 0 Å². The molecule has 0 unspecified atom stereocenters. The minimum absolute atomic E-state index is 0.103. The van der Waals surface area contributed by atoms with Gasteiger partial charge in [-0.3, -0.25) is 14.4 Å².